The normalized spacial score (nSPS) is 24.9. The predicted molar refractivity (Wildman–Crippen MR) is 109 cm³/mol. The number of rotatable bonds is 3. The minimum Gasteiger partial charge on any atom is -0.493 e. The number of aryl methyl sites for hydroxylation is 2. The Balaban J connectivity index is 1.66. The quantitative estimate of drug-likeness (QED) is 0.899. The Morgan fingerprint density at radius 2 is 1.74 bits per heavy atom. The molecule has 3 atom stereocenters. The Morgan fingerprint density at radius 1 is 1.00 bits per heavy atom. The summed E-state index contributed by atoms with van der Waals surface area (Å²) in [4.78, 5) is 2.62. The second kappa shape index (κ2) is 7.17. The second-order valence-electron chi connectivity index (χ2n) is 8.03. The van der Waals surface area contributed by atoms with Gasteiger partial charge in [-0.15, -0.1) is 0 Å². The summed E-state index contributed by atoms with van der Waals surface area (Å²) in [5, 5.41) is 0. The Kier molecular flexibility index (Phi) is 4.87. The number of benzene rings is 2. The molecule has 1 fully saturated rings. The zero-order chi connectivity index (χ0) is 19.1. The van der Waals surface area contributed by atoms with E-state index in [1.807, 2.05) is 0 Å². The molecule has 27 heavy (non-hydrogen) atoms. The zero-order valence-electron chi connectivity index (χ0n) is 16.8. The molecule has 2 aromatic carbocycles. The van der Waals surface area contributed by atoms with Gasteiger partial charge in [0.2, 0.25) is 0 Å². The van der Waals surface area contributed by atoms with Crippen molar-refractivity contribution in [3.05, 3.63) is 58.1 Å². The van der Waals surface area contributed by atoms with E-state index in [4.69, 9.17) is 15.2 Å². The van der Waals surface area contributed by atoms with Gasteiger partial charge in [0, 0.05) is 31.1 Å². The molecular formula is C23H30N2O2. The van der Waals surface area contributed by atoms with Crippen LogP contribution in [0.25, 0.3) is 0 Å². The average molecular weight is 367 g/mol. The highest BCUT2D eigenvalue weighted by Gasteiger charge is 2.39. The van der Waals surface area contributed by atoms with Gasteiger partial charge in [-0.3, -0.25) is 4.90 Å². The molecule has 4 heteroatoms. The van der Waals surface area contributed by atoms with Crippen LogP contribution in [0.2, 0.25) is 0 Å². The van der Waals surface area contributed by atoms with Crippen LogP contribution in [0.15, 0.2) is 30.3 Å². The Hall–Kier alpha value is -2.04. The van der Waals surface area contributed by atoms with Gasteiger partial charge in [0.05, 0.1) is 14.2 Å². The first kappa shape index (κ1) is 18.3. The van der Waals surface area contributed by atoms with E-state index in [-0.39, 0.29) is 6.04 Å². The molecule has 2 aliphatic heterocycles. The van der Waals surface area contributed by atoms with Crippen molar-refractivity contribution in [1.82, 2.24) is 4.90 Å². The highest BCUT2D eigenvalue weighted by molar-refractivity contribution is 5.50. The van der Waals surface area contributed by atoms with Gasteiger partial charge in [0.1, 0.15) is 0 Å². The van der Waals surface area contributed by atoms with Gasteiger partial charge in [-0.25, -0.2) is 0 Å². The molecule has 2 N–H and O–H groups in total. The number of hydrogen-bond acceptors (Lipinski definition) is 4. The van der Waals surface area contributed by atoms with Crippen LogP contribution in [0, 0.1) is 13.8 Å². The predicted octanol–water partition coefficient (Wildman–Crippen LogP) is 3.73. The van der Waals surface area contributed by atoms with Crippen molar-refractivity contribution in [2.45, 2.75) is 44.7 Å². The van der Waals surface area contributed by atoms with Crippen molar-refractivity contribution in [3.63, 3.8) is 0 Å². The molecule has 4 nitrogen and oxygen atoms in total. The van der Waals surface area contributed by atoms with E-state index in [0.717, 1.165) is 37.4 Å². The van der Waals surface area contributed by atoms with Gasteiger partial charge >= 0.3 is 0 Å². The van der Waals surface area contributed by atoms with Crippen molar-refractivity contribution in [2.75, 3.05) is 27.3 Å². The lowest BCUT2D eigenvalue weighted by Crippen LogP contribution is -2.49. The molecule has 0 radical (unpaired) electrons. The maximum atomic E-state index is 6.74. The Labute approximate surface area is 162 Å². The second-order valence-corrected chi connectivity index (χ2v) is 8.03. The third kappa shape index (κ3) is 3.21. The van der Waals surface area contributed by atoms with Gasteiger partial charge in [0.15, 0.2) is 11.5 Å². The summed E-state index contributed by atoms with van der Waals surface area (Å²) in [6.45, 7) is 6.46. The molecule has 0 spiro atoms. The van der Waals surface area contributed by atoms with E-state index in [0.29, 0.717) is 12.0 Å². The van der Waals surface area contributed by atoms with Crippen LogP contribution >= 0.6 is 0 Å². The first-order valence-electron chi connectivity index (χ1n) is 9.83. The molecule has 0 saturated carbocycles. The number of nitrogens with zero attached hydrogens (tertiary/aromatic N) is 1. The maximum absolute atomic E-state index is 6.74. The summed E-state index contributed by atoms with van der Waals surface area (Å²) < 4.78 is 11.0. The minimum atomic E-state index is 0.158. The number of hydrogen-bond donors (Lipinski definition) is 1. The van der Waals surface area contributed by atoms with Crippen molar-refractivity contribution in [3.8, 4) is 11.5 Å². The number of ether oxygens (including phenoxy) is 2. The van der Waals surface area contributed by atoms with E-state index < -0.39 is 0 Å². The molecule has 0 bridgehead atoms. The Bertz CT molecular complexity index is 849. The lowest BCUT2D eigenvalue weighted by molar-refractivity contribution is 0.109. The van der Waals surface area contributed by atoms with Crippen molar-refractivity contribution < 1.29 is 9.47 Å². The molecule has 4 rings (SSSR count). The third-order valence-corrected chi connectivity index (χ3v) is 6.39. The number of methoxy groups -OCH3 is 2. The van der Waals surface area contributed by atoms with Crippen LogP contribution in [0.3, 0.4) is 0 Å². The van der Waals surface area contributed by atoms with E-state index in [9.17, 15) is 0 Å². The smallest absolute Gasteiger partial charge is 0.161 e. The fourth-order valence-electron chi connectivity index (χ4n) is 4.87. The third-order valence-electron chi connectivity index (χ3n) is 6.39. The molecule has 144 valence electrons. The number of nitrogens with two attached hydrogens (primary N) is 1. The SMILES string of the molecule is COc1cc2c(cc1OC)[C@@H]1C[C@H](N)[C@@H](c3cc(C)ccc3C)CN1CC2. The number of fused-ring (bicyclic) bond motifs is 3. The van der Waals surface area contributed by atoms with E-state index in [2.05, 4.69) is 49.1 Å². The van der Waals surface area contributed by atoms with Gasteiger partial charge in [-0.2, -0.15) is 0 Å². The molecule has 0 unspecified atom stereocenters. The fourth-order valence-corrected chi connectivity index (χ4v) is 4.87. The Morgan fingerprint density at radius 3 is 2.48 bits per heavy atom. The standard InChI is InChI=1S/C23H30N2O2/c1-14-5-6-15(2)17(9-14)19-13-25-8-7-16-10-22(26-3)23(27-4)11-18(16)21(25)12-20(19)24/h5-6,9-11,19-21H,7-8,12-13,24H2,1-4H3/t19-,20+,21+/m1/s1. The largest absolute Gasteiger partial charge is 0.493 e. The lowest BCUT2D eigenvalue weighted by Gasteiger charge is -2.46. The molecule has 0 amide bonds. The van der Waals surface area contributed by atoms with Gasteiger partial charge in [-0.05, 0) is 61.1 Å². The molecular weight excluding hydrogens is 336 g/mol. The fraction of sp³-hybridized carbons (Fsp3) is 0.478. The van der Waals surface area contributed by atoms with Crippen LogP contribution in [0.1, 0.15) is 46.2 Å². The first-order chi connectivity index (χ1) is 13.0. The van der Waals surface area contributed by atoms with Crippen LogP contribution in [0.4, 0.5) is 0 Å². The highest BCUT2D eigenvalue weighted by Crippen LogP contribution is 2.44. The van der Waals surface area contributed by atoms with Crippen LogP contribution in [-0.2, 0) is 6.42 Å². The molecule has 0 aromatic heterocycles. The average Bonchev–Trinajstić information content (AvgIpc) is 2.68. The summed E-state index contributed by atoms with van der Waals surface area (Å²) in [7, 11) is 3.40. The van der Waals surface area contributed by atoms with Crippen LogP contribution < -0.4 is 15.2 Å². The summed E-state index contributed by atoms with van der Waals surface area (Å²) in [6, 6.07) is 11.6. The zero-order valence-corrected chi connectivity index (χ0v) is 16.8. The highest BCUT2D eigenvalue weighted by atomic mass is 16.5. The molecule has 2 aromatic rings. The molecule has 2 aliphatic rings. The summed E-state index contributed by atoms with van der Waals surface area (Å²) in [5.41, 5.74) is 13.5. The van der Waals surface area contributed by atoms with E-state index in [1.165, 1.54) is 27.8 Å². The van der Waals surface area contributed by atoms with Crippen LogP contribution in [0.5, 0.6) is 11.5 Å². The van der Waals surface area contributed by atoms with Crippen LogP contribution in [-0.4, -0.2) is 38.3 Å². The summed E-state index contributed by atoms with van der Waals surface area (Å²) in [5.74, 6) is 2.02. The van der Waals surface area contributed by atoms with Crippen molar-refractivity contribution in [2.24, 2.45) is 5.73 Å². The van der Waals surface area contributed by atoms with Gasteiger partial charge in [0.25, 0.3) is 0 Å². The lowest BCUT2D eigenvalue weighted by atomic mass is 9.77. The monoisotopic (exact) mass is 366 g/mol. The van der Waals surface area contributed by atoms with Crippen molar-refractivity contribution >= 4 is 0 Å². The van der Waals surface area contributed by atoms with Gasteiger partial charge in [-0.1, -0.05) is 23.8 Å². The van der Waals surface area contributed by atoms with Crippen molar-refractivity contribution in [1.29, 1.82) is 0 Å². The van der Waals surface area contributed by atoms with E-state index >= 15 is 0 Å². The first-order valence-corrected chi connectivity index (χ1v) is 9.83. The summed E-state index contributed by atoms with van der Waals surface area (Å²) >= 11 is 0. The number of piperidine rings is 1. The minimum absolute atomic E-state index is 0.158. The molecule has 0 aliphatic carbocycles. The molecule has 2 heterocycles. The molecule has 1 saturated heterocycles. The van der Waals surface area contributed by atoms with E-state index in [1.54, 1.807) is 14.2 Å². The van der Waals surface area contributed by atoms with Gasteiger partial charge < -0.3 is 15.2 Å². The topological polar surface area (TPSA) is 47.7 Å². The maximum Gasteiger partial charge on any atom is 0.161 e. The summed E-state index contributed by atoms with van der Waals surface area (Å²) in [6.07, 6.45) is 2.02.